The third-order valence-electron chi connectivity index (χ3n) is 1.82. The fourth-order valence-corrected chi connectivity index (χ4v) is 1.68. The zero-order valence-corrected chi connectivity index (χ0v) is 9.83. The Kier molecular flexibility index (Phi) is 3.02. The molecule has 15 heavy (non-hydrogen) atoms. The van der Waals surface area contributed by atoms with Gasteiger partial charge in [-0.3, -0.25) is 0 Å². The highest BCUT2D eigenvalue weighted by molar-refractivity contribution is 9.10. The van der Waals surface area contributed by atoms with Crippen LogP contribution in [0.2, 0.25) is 0 Å². The molecular formula is C9H6BrClFN3. The number of hydrogen-bond donors (Lipinski definition) is 0. The Hall–Kier alpha value is -0.940. The van der Waals surface area contributed by atoms with Gasteiger partial charge in [0.25, 0.3) is 0 Å². The summed E-state index contributed by atoms with van der Waals surface area (Å²) in [6.07, 6.45) is 4.50. The Bertz CT molecular complexity index is 486. The third-order valence-corrected chi connectivity index (χ3v) is 2.52. The normalized spacial score (nSPS) is 10.6. The van der Waals surface area contributed by atoms with Gasteiger partial charge in [-0.05, 0) is 22.0 Å². The van der Waals surface area contributed by atoms with Crippen molar-refractivity contribution in [1.82, 2.24) is 14.8 Å². The Morgan fingerprint density at radius 2 is 2.27 bits per heavy atom. The lowest BCUT2D eigenvalue weighted by Crippen LogP contribution is -2.02. The smallest absolute Gasteiger partial charge is 0.157 e. The van der Waals surface area contributed by atoms with Crippen molar-refractivity contribution in [2.24, 2.45) is 0 Å². The highest BCUT2D eigenvalue weighted by Crippen LogP contribution is 2.17. The number of alkyl halides is 1. The molecule has 0 saturated heterocycles. The van der Waals surface area contributed by atoms with Crippen LogP contribution >= 0.6 is 27.5 Å². The SMILES string of the molecule is Fc1cnc(-n2cc(Br)cn2)c(CCl)c1. The number of pyridine rings is 1. The topological polar surface area (TPSA) is 30.7 Å². The molecule has 2 aromatic rings. The van der Waals surface area contributed by atoms with Gasteiger partial charge in [0, 0.05) is 11.8 Å². The standard InChI is InChI=1S/C9H6BrClFN3/c10-7-3-14-15(5-7)9-6(2-11)1-8(12)4-13-9/h1,3-5H,2H2. The van der Waals surface area contributed by atoms with Crippen LogP contribution in [0.3, 0.4) is 0 Å². The van der Waals surface area contributed by atoms with Crippen LogP contribution in [0.15, 0.2) is 29.1 Å². The van der Waals surface area contributed by atoms with E-state index in [1.807, 2.05) is 0 Å². The van der Waals surface area contributed by atoms with Crippen LogP contribution in [0.4, 0.5) is 4.39 Å². The summed E-state index contributed by atoms with van der Waals surface area (Å²) < 4.78 is 15.3. The van der Waals surface area contributed by atoms with Crippen molar-refractivity contribution in [2.45, 2.75) is 5.88 Å². The highest BCUT2D eigenvalue weighted by Gasteiger charge is 2.08. The van der Waals surface area contributed by atoms with Crippen LogP contribution in [-0.4, -0.2) is 14.8 Å². The Morgan fingerprint density at radius 1 is 1.47 bits per heavy atom. The quantitative estimate of drug-likeness (QED) is 0.796. The molecule has 0 aromatic carbocycles. The van der Waals surface area contributed by atoms with Crippen LogP contribution in [0.1, 0.15) is 5.56 Å². The van der Waals surface area contributed by atoms with Gasteiger partial charge in [-0.2, -0.15) is 5.10 Å². The van der Waals surface area contributed by atoms with E-state index in [-0.39, 0.29) is 5.88 Å². The fourth-order valence-electron chi connectivity index (χ4n) is 1.20. The first kappa shape index (κ1) is 10.6. The van der Waals surface area contributed by atoms with Crippen molar-refractivity contribution in [3.63, 3.8) is 0 Å². The van der Waals surface area contributed by atoms with Gasteiger partial charge in [0.05, 0.1) is 22.7 Å². The summed E-state index contributed by atoms with van der Waals surface area (Å²) in [7, 11) is 0. The summed E-state index contributed by atoms with van der Waals surface area (Å²) >= 11 is 8.97. The van der Waals surface area contributed by atoms with E-state index in [1.54, 1.807) is 17.1 Å². The van der Waals surface area contributed by atoms with Gasteiger partial charge in [-0.15, -0.1) is 11.6 Å². The van der Waals surface area contributed by atoms with Crippen molar-refractivity contribution in [3.05, 3.63) is 40.5 Å². The average Bonchev–Trinajstić information content (AvgIpc) is 2.64. The lowest BCUT2D eigenvalue weighted by molar-refractivity contribution is 0.617. The van der Waals surface area contributed by atoms with Gasteiger partial charge in [-0.25, -0.2) is 14.1 Å². The van der Waals surface area contributed by atoms with E-state index in [2.05, 4.69) is 26.0 Å². The molecule has 0 atom stereocenters. The van der Waals surface area contributed by atoms with Gasteiger partial charge < -0.3 is 0 Å². The third kappa shape index (κ3) is 2.18. The van der Waals surface area contributed by atoms with Crippen molar-refractivity contribution in [1.29, 1.82) is 0 Å². The summed E-state index contributed by atoms with van der Waals surface area (Å²) in [6, 6.07) is 1.35. The molecule has 0 radical (unpaired) electrons. The van der Waals surface area contributed by atoms with E-state index in [1.165, 1.54) is 6.07 Å². The lowest BCUT2D eigenvalue weighted by Gasteiger charge is -2.05. The van der Waals surface area contributed by atoms with E-state index in [4.69, 9.17) is 11.6 Å². The Morgan fingerprint density at radius 3 is 2.87 bits per heavy atom. The molecule has 2 aromatic heterocycles. The minimum Gasteiger partial charge on any atom is -0.234 e. The molecule has 0 aliphatic heterocycles. The van der Waals surface area contributed by atoms with Crippen LogP contribution in [0.25, 0.3) is 5.82 Å². The molecule has 0 unspecified atom stereocenters. The Labute approximate surface area is 99.0 Å². The maximum atomic E-state index is 12.9. The molecular weight excluding hydrogens is 284 g/mol. The summed E-state index contributed by atoms with van der Waals surface area (Å²) in [5.41, 5.74) is 0.604. The van der Waals surface area contributed by atoms with Crippen molar-refractivity contribution in [3.8, 4) is 5.82 Å². The molecule has 0 aliphatic rings. The summed E-state index contributed by atoms with van der Waals surface area (Å²) in [6.45, 7) is 0. The minimum absolute atomic E-state index is 0.192. The molecule has 78 valence electrons. The maximum absolute atomic E-state index is 12.9. The van der Waals surface area contributed by atoms with E-state index in [0.29, 0.717) is 11.4 Å². The monoisotopic (exact) mass is 289 g/mol. The molecule has 0 N–H and O–H groups in total. The summed E-state index contributed by atoms with van der Waals surface area (Å²) in [4.78, 5) is 3.95. The zero-order chi connectivity index (χ0) is 10.8. The van der Waals surface area contributed by atoms with Gasteiger partial charge in [0.15, 0.2) is 5.82 Å². The second-order valence-electron chi connectivity index (χ2n) is 2.87. The highest BCUT2D eigenvalue weighted by atomic mass is 79.9. The predicted octanol–water partition coefficient (Wildman–Crippen LogP) is 2.91. The molecule has 6 heteroatoms. The van der Waals surface area contributed by atoms with E-state index >= 15 is 0 Å². The number of halogens is 3. The van der Waals surface area contributed by atoms with Crippen LogP contribution in [0, 0.1) is 5.82 Å². The second-order valence-corrected chi connectivity index (χ2v) is 4.06. The zero-order valence-electron chi connectivity index (χ0n) is 7.49. The second kappa shape index (κ2) is 4.28. The molecule has 0 amide bonds. The van der Waals surface area contributed by atoms with Crippen molar-refractivity contribution in [2.75, 3.05) is 0 Å². The molecule has 0 saturated carbocycles. The molecule has 0 fully saturated rings. The Balaban J connectivity index is 2.52. The van der Waals surface area contributed by atoms with Gasteiger partial charge >= 0.3 is 0 Å². The number of rotatable bonds is 2. The van der Waals surface area contributed by atoms with E-state index < -0.39 is 5.82 Å². The minimum atomic E-state index is -0.402. The van der Waals surface area contributed by atoms with Gasteiger partial charge in [0.2, 0.25) is 0 Å². The largest absolute Gasteiger partial charge is 0.234 e. The molecule has 3 nitrogen and oxygen atoms in total. The van der Waals surface area contributed by atoms with Crippen molar-refractivity contribution < 1.29 is 4.39 Å². The first-order valence-corrected chi connectivity index (χ1v) is 5.44. The summed E-state index contributed by atoms with van der Waals surface area (Å²) in [5, 5.41) is 4.05. The predicted molar refractivity (Wildman–Crippen MR) is 58.6 cm³/mol. The van der Waals surface area contributed by atoms with E-state index in [9.17, 15) is 4.39 Å². The van der Waals surface area contributed by atoms with Crippen LogP contribution in [-0.2, 0) is 5.88 Å². The molecule has 2 heterocycles. The molecule has 0 spiro atoms. The first-order valence-electron chi connectivity index (χ1n) is 4.11. The molecule has 0 aliphatic carbocycles. The number of aromatic nitrogens is 3. The van der Waals surface area contributed by atoms with Crippen LogP contribution in [0.5, 0.6) is 0 Å². The van der Waals surface area contributed by atoms with Crippen molar-refractivity contribution >= 4 is 27.5 Å². The number of nitrogens with zero attached hydrogens (tertiary/aromatic N) is 3. The van der Waals surface area contributed by atoms with Crippen LogP contribution < -0.4 is 0 Å². The van der Waals surface area contributed by atoms with E-state index in [0.717, 1.165) is 10.7 Å². The van der Waals surface area contributed by atoms with Gasteiger partial charge in [-0.1, -0.05) is 0 Å². The average molecular weight is 291 g/mol. The maximum Gasteiger partial charge on any atom is 0.157 e. The lowest BCUT2D eigenvalue weighted by atomic mass is 10.3. The summed E-state index contributed by atoms with van der Waals surface area (Å²) in [5.74, 6) is 0.329. The fraction of sp³-hybridized carbons (Fsp3) is 0.111. The molecule has 0 bridgehead atoms. The van der Waals surface area contributed by atoms with Gasteiger partial charge in [0.1, 0.15) is 5.82 Å². The number of hydrogen-bond acceptors (Lipinski definition) is 2. The first-order chi connectivity index (χ1) is 7.20. The molecule has 2 rings (SSSR count).